The van der Waals surface area contributed by atoms with Gasteiger partial charge in [0.25, 0.3) is 5.91 Å². The second-order valence-corrected chi connectivity index (χ2v) is 4.84. The molecule has 1 fully saturated rings. The summed E-state index contributed by atoms with van der Waals surface area (Å²) in [7, 11) is 0. The maximum absolute atomic E-state index is 13.2. The van der Waals surface area contributed by atoms with Crippen molar-refractivity contribution in [1.29, 1.82) is 0 Å². The molecule has 0 bridgehead atoms. The maximum Gasteiger partial charge on any atom is 0.254 e. The van der Waals surface area contributed by atoms with Gasteiger partial charge in [0.2, 0.25) is 0 Å². The summed E-state index contributed by atoms with van der Waals surface area (Å²) in [5.74, 6) is -2.24. The molecular formula is C14H18F2N2O2. The van der Waals surface area contributed by atoms with Gasteiger partial charge in [0.15, 0.2) is 11.6 Å². The van der Waals surface area contributed by atoms with Crippen molar-refractivity contribution in [3.05, 3.63) is 35.4 Å². The molecule has 0 aliphatic carbocycles. The SMILES string of the molecule is O=C(c1ccc(F)c(F)c1)N1CCCN(CCO)CC1. The Labute approximate surface area is 116 Å². The smallest absolute Gasteiger partial charge is 0.254 e. The molecule has 0 radical (unpaired) electrons. The van der Waals surface area contributed by atoms with Crippen LogP contribution in [0.25, 0.3) is 0 Å². The third-order valence-electron chi connectivity index (χ3n) is 3.46. The number of carbonyl (C=O) groups is 1. The van der Waals surface area contributed by atoms with E-state index in [1.54, 1.807) is 4.90 Å². The second kappa shape index (κ2) is 6.76. The summed E-state index contributed by atoms with van der Waals surface area (Å²) in [5, 5.41) is 8.92. The number of β-amino-alcohol motifs (C(OH)–C–C–N with tert-alkyl or cyclic N) is 1. The van der Waals surface area contributed by atoms with Crippen LogP contribution >= 0.6 is 0 Å². The van der Waals surface area contributed by atoms with Crippen LogP contribution in [0.2, 0.25) is 0 Å². The molecule has 1 heterocycles. The van der Waals surface area contributed by atoms with Gasteiger partial charge in [0.1, 0.15) is 0 Å². The minimum Gasteiger partial charge on any atom is -0.395 e. The number of aliphatic hydroxyl groups is 1. The molecule has 20 heavy (non-hydrogen) atoms. The summed E-state index contributed by atoms with van der Waals surface area (Å²) in [4.78, 5) is 16.0. The third-order valence-corrected chi connectivity index (χ3v) is 3.46. The fourth-order valence-electron chi connectivity index (χ4n) is 2.35. The average molecular weight is 284 g/mol. The van der Waals surface area contributed by atoms with Crippen LogP contribution in [0, 0.1) is 11.6 Å². The molecule has 0 aromatic heterocycles. The van der Waals surface area contributed by atoms with Crippen LogP contribution in [-0.4, -0.2) is 60.1 Å². The Kier molecular flexibility index (Phi) is 5.03. The van der Waals surface area contributed by atoms with Gasteiger partial charge in [-0.1, -0.05) is 0 Å². The molecule has 1 aromatic carbocycles. The Morgan fingerprint density at radius 2 is 1.95 bits per heavy atom. The molecule has 2 rings (SSSR count). The van der Waals surface area contributed by atoms with Crippen molar-refractivity contribution in [2.45, 2.75) is 6.42 Å². The van der Waals surface area contributed by atoms with Crippen molar-refractivity contribution >= 4 is 5.91 Å². The summed E-state index contributed by atoms with van der Waals surface area (Å²) >= 11 is 0. The number of amides is 1. The molecule has 4 nitrogen and oxygen atoms in total. The minimum atomic E-state index is -1.01. The molecule has 1 aromatic rings. The predicted octanol–water partition coefficient (Wildman–Crippen LogP) is 1.11. The van der Waals surface area contributed by atoms with Crippen LogP contribution in [0.3, 0.4) is 0 Å². The predicted molar refractivity (Wildman–Crippen MR) is 70.4 cm³/mol. The Bertz CT molecular complexity index is 482. The Morgan fingerprint density at radius 3 is 2.65 bits per heavy atom. The summed E-state index contributed by atoms with van der Waals surface area (Å²) in [5.41, 5.74) is 0.166. The first kappa shape index (κ1) is 14.9. The lowest BCUT2D eigenvalue weighted by atomic mass is 10.2. The number of halogens is 2. The number of hydrogen-bond acceptors (Lipinski definition) is 3. The summed E-state index contributed by atoms with van der Waals surface area (Å²) in [6, 6.07) is 3.21. The number of hydrogen-bond donors (Lipinski definition) is 1. The number of benzene rings is 1. The topological polar surface area (TPSA) is 43.8 Å². The first-order valence-corrected chi connectivity index (χ1v) is 6.69. The van der Waals surface area contributed by atoms with Gasteiger partial charge >= 0.3 is 0 Å². The van der Waals surface area contributed by atoms with Crippen LogP contribution in [0.5, 0.6) is 0 Å². The normalized spacial score (nSPS) is 17.1. The highest BCUT2D eigenvalue weighted by atomic mass is 19.2. The van der Waals surface area contributed by atoms with Crippen LogP contribution in [0.1, 0.15) is 16.8 Å². The first-order valence-electron chi connectivity index (χ1n) is 6.69. The number of aliphatic hydroxyl groups excluding tert-OH is 1. The summed E-state index contributed by atoms with van der Waals surface area (Å²) in [6.07, 6.45) is 0.801. The van der Waals surface area contributed by atoms with Crippen molar-refractivity contribution in [3.8, 4) is 0 Å². The highest BCUT2D eigenvalue weighted by molar-refractivity contribution is 5.94. The van der Waals surface area contributed by atoms with E-state index in [1.165, 1.54) is 6.07 Å². The molecular weight excluding hydrogens is 266 g/mol. The van der Waals surface area contributed by atoms with Gasteiger partial charge in [-0.25, -0.2) is 8.78 Å². The molecule has 110 valence electrons. The molecule has 1 aliphatic rings. The van der Waals surface area contributed by atoms with Gasteiger partial charge in [-0.2, -0.15) is 0 Å². The Balaban J connectivity index is 2.03. The minimum absolute atomic E-state index is 0.0944. The van der Waals surface area contributed by atoms with Gasteiger partial charge < -0.3 is 10.0 Å². The Hall–Kier alpha value is -1.53. The van der Waals surface area contributed by atoms with Gasteiger partial charge in [-0.05, 0) is 31.2 Å². The standard InChI is InChI=1S/C14H18F2N2O2/c15-12-3-2-11(10-13(12)16)14(20)18-5-1-4-17(6-7-18)8-9-19/h2-3,10,19H,1,4-9H2. The zero-order valence-corrected chi connectivity index (χ0v) is 11.2. The molecule has 0 unspecified atom stereocenters. The number of rotatable bonds is 3. The second-order valence-electron chi connectivity index (χ2n) is 4.84. The van der Waals surface area contributed by atoms with E-state index in [1.807, 2.05) is 0 Å². The van der Waals surface area contributed by atoms with E-state index in [0.717, 1.165) is 25.1 Å². The fourth-order valence-corrected chi connectivity index (χ4v) is 2.35. The van der Waals surface area contributed by atoms with E-state index in [0.29, 0.717) is 26.2 Å². The largest absolute Gasteiger partial charge is 0.395 e. The van der Waals surface area contributed by atoms with E-state index in [4.69, 9.17) is 5.11 Å². The quantitative estimate of drug-likeness (QED) is 0.904. The zero-order valence-electron chi connectivity index (χ0n) is 11.2. The summed E-state index contributed by atoms with van der Waals surface area (Å²) < 4.78 is 26.0. The van der Waals surface area contributed by atoms with E-state index in [2.05, 4.69) is 4.90 Å². The Morgan fingerprint density at radius 1 is 1.15 bits per heavy atom. The number of carbonyl (C=O) groups excluding carboxylic acids is 1. The van der Waals surface area contributed by atoms with Crippen molar-refractivity contribution in [3.63, 3.8) is 0 Å². The van der Waals surface area contributed by atoms with Crippen LogP contribution in [0.15, 0.2) is 18.2 Å². The van der Waals surface area contributed by atoms with E-state index >= 15 is 0 Å². The van der Waals surface area contributed by atoms with Crippen molar-refractivity contribution in [2.75, 3.05) is 39.3 Å². The molecule has 1 N–H and O–H groups in total. The first-order chi connectivity index (χ1) is 9.61. The molecule has 1 saturated heterocycles. The average Bonchev–Trinajstić information content (AvgIpc) is 2.67. The van der Waals surface area contributed by atoms with Crippen molar-refractivity contribution < 1.29 is 18.7 Å². The van der Waals surface area contributed by atoms with Crippen molar-refractivity contribution in [2.24, 2.45) is 0 Å². The van der Waals surface area contributed by atoms with E-state index in [9.17, 15) is 13.6 Å². The molecule has 6 heteroatoms. The molecule has 0 spiro atoms. The third kappa shape index (κ3) is 3.52. The van der Waals surface area contributed by atoms with Crippen LogP contribution in [-0.2, 0) is 0 Å². The maximum atomic E-state index is 13.2. The number of nitrogens with zero attached hydrogens (tertiary/aromatic N) is 2. The molecule has 0 saturated carbocycles. The highest BCUT2D eigenvalue weighted by Gasteiger charge is 2.20. The van der Waals surface area contributed by atoms with E-state index < -0.39 is 11.6 Å². The molecule has 1 amide bonds. The lowest BCUT2D eigenvalue weighted by molar-refractivity contribution is 0.0760. The summed E-state index contributed by atoms with van der Waals surface area (Å²) in [6.45, 7) is 3.29. The fraction of sp³-hybridized carbons (Fsp3) is 0.500. The highest BCUT2D eigenvalue weighted by Crippen LogP contribution is 2.13. The zero-order chi connectivity index (χ0) is 14.5. The lowest BCUT2D eigenvalue weighted by Gasteiger charge is -2.21. The van der Waals surface area contributed by atoms with Gasteiger partial charge in [0, 0.05) is 31.7 Å². The lowest BCUT2D eigenvalue weighted by Crippen LogP contribution is -2.36. The van der Waals surface area contributed by atoms with Crippen LogP contribution in [0.4, 0.5) is 8.78 Å². The molecule has 1 aliphatic heterocycles. The van der Waals surface area contributed by atoms with Gasteiger partial charge in [-0.15, -0.1) is 0 Å². The monoisotopic (exact) mass is 284 g/mol. The van der Waals surface area contributed by atoms with Crippen LogP contribution < -0.4 is 0 Å². The van der Waals surface area contributed by atoms with E-state index in [-0.39, 0.29) is 18.1 Å². The van der Waals surface area contributed by atoms with Gasteiger partial charge in [0.05, 0.1) is 6.61 Å². The van der Waals surface area contributed by atoms with Gasteiger partial charge in [-0.3, -0.25) is 9.69 Å². The van der Waals surface area contributed by atoms with Crippen molar-refractivity contribution in [1.82, 2.24) is 9.80 Å². The molecule has 0 atom stereocenters.